The molecule has 4 nitrogen and oxygen atoms in total. The van der Waals surface area contributed by atoms with Crippen LogP contribution in [0.3, 0.4) is 0 Å². The molecule has 1 aromatic heterocycles. The van der Waals surface area contributed by atoms with Crippen molar-refractivity contribution in [3.8, 4) is 5.75 Å². The number of aliphatic hydroxyl groups is 1. The van der Waals surface area contributed by atoms with Crippen LogP contribution in [0.2, 0.25) is 0 Å². The van der Waals surface area contributed by atoms with Gasteiger partial charge in [-0.1, -0.05) is 60.7 Å². The number of aliphatic hydroxyl groups excluding tert-OH is 1. The molecule has 0 radical (unpaired) electrons. The molecular weight excluding hydrogens is 292 g/mol. The van der Waals surface area contributed by atoms with Crippen LogP contribution >= 0.6 is 0 Å². The highest BCUT2D eigenvalue weighted by Gasteiger charge is 2.21. The average Bonchev–Trinajstić information content (AvgIpc) is 2.61. The van der Waals surface area contributed by atoms with Crippen LogP contribution in [0, 0.1) is 0 Å². The van der Waals surface area contributed by atoms with Gasteiger partial charge in [0.05, 0.1) is 6.26 Å². The molecule has 1 unspecified atom stereocenters. The Hall–Kier alpha value is -2.85. The normalized spacial score (nSPS) is 11.9. The molecule has 0 saturated heterocycles. The van der Waals surface area contributed by atoms with Crippen LogP contribution in [0.15, 0.2) is 82.2 Å². The lowest BCUT2D eigenvalue weighted by atomic mass is 10.1. The topological polar surface area (TPSA) is 59.7 Å². The monoisotopic (exact) mass is 308 g/mol. The van der Waals surface area contributed by atoms with Crippen LogP contribution in [0.25, 0.3) is 0 Å². The number of ether oxygens (including phenoxy) is 1. The van der Waals surface area contributed by atoms with Gasteiger partial charge < -0.3 is 14.3 Å². The molecule has 2 aromatic carbocycles. The third-order valence-corrected chi connectivity index (χ3v) is 3.45. The molecule has 0 aliphatic carbocycles. The van der Waals surface area contributed by atoms with Crippen molar-refractivity contribution in [2.24, 2.45) is 0 Å². The van der Waals surface area contributed by atoms with Crippen LogP contribution in [-0.2, 0) is 6.61 Å². The summed E-state index contributed by atoms with van der Waals surface area (Å²) in [6.07, 6.45) is 0.204. The summed E-state index contributed by atoms with van der Waals surface area (Å²) in [5, 5.41) is 10.5. The maximum atomic E-state index is 12.1. The van der Waals surface area contributed by atoms with Gasteiger partial charge in [0.15, 0.2) is 5.76 Å². The van der Waals surface area contributed by atoms with Crippen LogP contribution in [0.1, 0.15) is 23.0 Å². The minimum absolute atomic E-state index is 0.0349. The van der Waals surface area contributed by atoms with Crippen molar-refractivity contribution >= 4 is 0 Å². The predicted molar refractivity (Wildman–Crippen MR) is 86.3 cm³/mol. The van der Waals surface area contributed by atoms with Gasteiger partial charge in [0.2, 0.25) is 11.2 Å². The molecule has 0 bridgehead atoms. The lowest BCUT2D eigenvalue weighted by molar-refractivity contribution is 0.171. The van der Waals surface area contributed by atoms with E-state index in [-0.39, 0.29) is 23.5 Å². The van der Waals surface area contributed by atoms with Crippen molar-refractivity contribution < 1.29 is 14.3 Å². The molecule has 23 heavy (non-hydrogen) atoms. The maximum absolute atomic E-state index is 12.1. The van der Waals surface area contributed by atoms with Gasteiger partial charge in [0, 0.05) is 6.07 Å². The molecule has 1 heterocycles. The first-order chi connectivity index (χ1) is 11.3. The highest BCUT2D eigenvalue weighted by atomic mass is 16.5. The zero-order valence-corrected chi connectivity index (χ0v) is 12.4. The van der Waals surface area contributed by atoms with Crippen molar-refractivity contribution in [1.29, 1.82) is 0 Å². The number of hydrogen-bond acceptors (Lipinski definition) is 4. The van der Waals surface area contributed by atoms with Crippen LogP contribution in [0.4, 0.5) is 0 Å². The van der Waals surface area contributed by atoms with Crippen molar-refractivity contribution in [2.75, 3.05) is 0 Å². The highest BCUT2D eigenvalue weighted by molar-refractivity contribution is 5.33. The zero-order valence-electron chi connectivity index (χ0n) is 12.4. The fourth-order valence-corrected chi connectivity index (χ4v) is 2.27. The molecule has 0 spiro atoms. The number of benzene rings is 2. The predicted octanol–water partition coefficient (Wildman–Crippen LogP) is 3.30. The van der Waals surface area contributed by atoms with Gasteiger partial charge in [0.1, 0.15) is 12.7 Å². The maximum Gasteiger partial charge on any atom is 0.227 e. The molecule has 1 atom stereocenters. The Morgan fingerprint density at radius 1 is 0.957 bits per heavy atom. The van der Waals surface area contributed by atoms with E-state index in [4.69, 9.17) is 9.15 Å². The van der Waals surface area contributed by atoms with Crippen molar-refractivity contribution in [1.82, 2.24) is 0 Å². The van der Waals surface area contributed by atoms with Crippen molar-refractivity contribution in [3.63, 3.8) is 0 Å². The molecule has 3 rings (SSSR count). The van der Waals surface area contributed by atoms with Gasteiger partial charge in [-0.15, -0.1) is 0 Å². The first kappa shape index (κ1) is 15.1. The van der Waals surface area contributed by atoms with Gasteiger partial charge in [-0.05, 0) is 11.1 Å². The third kappa shape index (κ3) is 3.49. The summed E-state index contributed by atoms with van der Waals surface area (Å²) in [7, 11) is 0. The molecule has 0 amide bonds. The Morgan fingerprint density at radius 3 is 2.30 bits per heavy atom. The first-order valence-corrected chi connectivity index (χ1v) is 7.27. The van der Waals surface area contributed by atoms with Gasteiger partial charge in [-0.2, -0.15) is 0 Å². The lowest BCUT2D eigenvalue weighted by Gasteiger charge is -2.14. The fourth-order valence-electron chi connectivity index (χ4n) is 2.27. The number of hydrogen-bond donors (Lipinski definition) is 1. The number of rotatable bonds is 5. The molecule has 116 valence electrons. The van der Waals surface area contributed by atoms with Gasteiger partial charge in [0.25, 0.3) is 0 Å². The summed E-state index contributed by atoms with van der Waals surface area (Å²) in [4.78, 5) is 12.1. The smallest absolute Gasteiger partial charge is 0.227 e. The van der Waals surface area contributed by atoms with E-state index >= 15 is 0 Å². The van der Waals surface area contributed by atoms with Crippen LogP contribution in [0.5, 0.6) is 5.75 Å². The lowest BCUT2D eigenvalue weighted by Crippen LogP contribution is -2.12. The fraction of sp³-hybridized carbons (Fsp3) is 0.105. The van der Waals surface area contributed by atoms with Gasteiger partial charge in [-0.25, -0.2) is 0 Å². The van der Waals surface area contributed by atoms with E-state index in [1.54, 1.807) is 12.1 Å². The van der Waals surface area contributed by atoms with Gasteiger partial charge >= 0.3 is 0 Å². The minimum Gasteiger partial charge on any atom is -0.482 e. The second kappa shape index (κ2) is 6.94. The largest absolute Gasteiger partial charge is 0.482 e. The van der Waals surface area contributed by atoms with E-state index in [1.165, 1.54) is 12.3 Å². The summed E-state index contributed by atoms with van der Waals surface area (Å²) >= 11 is 0. The summed E-state index contributed by atoms with van der Waals surface area (Å²) in [5.74, 6) is 0.146. The van der Waals surface area contributed by atoms with Crippen molar-refractivity contribution in [3.05, 3.63) is 100 Å². The third-order valence-electron chi connectivity index (χ3n) is 3.45. The quantitative estimate of drug-likeness (QED) is 0.785. The highest BCUT2D eigenvalue weighted by Crippen LogP contribution is 2.27. The SMILES string of the molecule is O=c1ccoc(C(O)c2ccccc2)c1OCc1ccccc1. The standard InChI is InChI=1S/C19H16O4/c20-16-11-12-22-19(17(21)15-9-5-2-6-10-15)18(16)23-13-14-7-3-1-4-8-14/h1-12,17,21H,13H2. The molecule has 0 fully saturated rings. The van der Waals surface area contributed by atoms with Crippen molar-refractivity contribution in [2.45, 2.75) is 12.7 Å². The first-order valence-electron chi connectivity index (χ1n) is 7.27. The molecule has 4 heteroatoms. The molecule has 0 saturated carbocycles. The molecule has 0 aliphatic heterocycles. The zero-order chi connectivity index (χ0) is 16.1. The summed E-state index contributed by atoms with van der Waals surface area (Å²) in [5.41, 5.74) is 1.24. The summed E-state index contributed by atoms with van der Waals surface area (Å²) in [6, 6.07) is 19.8. The Balaban J connectivity index is 1.89. The van der Waals surface area contributed by atoms with E-state index in [0.717, 1.165) is 5.56 Å². The van der Waals surface area contributed by atoms with E-state index in [0.29, 0.717) is 5.56 Å². The second-order valence-corrected chi connectivity index (χ2v) is 5.07. The van der Waals surface area contributed by atoms with E-state index in [2.05, 4.69) is 0 Å². The van der Waals surface area contributed by atoms with E-state index < -0.39 is 6.10 Å². The van der Waals surface area contributed by atoms with Crippen LogP contribution < -0.4 is 10.2 Å². The molecular formula is C19H16O4. The van der Waals surface area contributed by atoms with E-state index in [1.807, 2.05) is 48.5 Å². The Kier molecular flexibility index (Phi) is 4.54. The average molecular weight is 308 g/mol. The summed E-state index contributed by atoms with van der Waals surface area (Å²) in [6.45, 7) is 0.226. The molecule has 0 aliphatic rings. The Morgan fingerprint density at radius 2 is 1.61 bits per heavy atom. The summed E-state index contributed by atoms with van der Waals surface area (Å²) < 4.78 is 11.0. The molecule has 3 aromatic rings. The van der Waals surface area contributed by atoms with Gasteiger partial charge in [-0.3, -0.25) is 4.79 Å². The second-order valence-electron chi connectivity index (χ2n) is 5.07. The van der Waals surface area contributed by atoms with E-state index in [9.17, 15) is 9.90 Å². The minimum atomic E-state index is -1.06. The Bertz CT molecular complexity index is 810. The Labute approximate surface area is 133 Å². The van der Waals surface area contributed by atoms with Crippen LogP contribution in [-0.4, -0.2) is 5.11 Å². The molecule has 1 N–H and O–H groups in total.